The van der Waals surface area contributed by atoms with E-state index in [1.54, 1.807) is 30.3 Å². The number of carboxylic acid groups (broad SMARTS) is 1. The number of fused-ring (bicyclic) bond motifs is 1. The molecule has 0 saturated carbocycles. The van der Waals surface area contributed by atoms with E-state index in [9.17, 15) is 9.90 Å². The van der Waals surface area contributed by atoms with Crippen molar-refractivity contribution in [2.45, 2.75) is 13.5 Å². The Labute approximate surface area is 211 Å². The van der Waals surface area contributed by atoms with Crippen LogP contribution in [0.1, 0.15) is 28.7 Å². The van der Waals surface area contributed by atoms with E-state index >= 15 is 0 Å². The van der Waals surface area contributed by atoms with Gasteiger partial charge in [0.15, 0.2) is 0 Å². The Morgan fingerprint density at radius 1 is 1.03 bits per heavy atom. The van der Waals surface area contributed by atoms with Gasteiger partial charge in [-0.3, -0.25) is 0 Å². The number of aromatic nitrogens is 4. The summed E-state index contributed by atoms with van der Waals surface area (Å²) in [5.41, 5.74) is 5.17. The predicted molar refractivity (Wildman–Crippen MR) is 141 cm³/mol. The van der Waals surface area contributed by atoms with Gasteiger partial charge in [0.25, 0.3) is 0 Å². The van der Waals surface area contributed by atoms with Crippen LogP contribution in [0.5, 0.6) is 0 Å². The van der Waals surface area contributed by atoms with E-state index in [2.05, 4.69) is 21.5 Å². The summed E-state index contributed by atoms with van der Waals surface area (Å²) in [5.74, 6) is 0.541. The molecule has 174 valence electrons. The quantitative estimate of drug-likeness (QED) is 0.255. The Morgan fingerprint density at radius 2 is 1.83 bits per heavy atom. The van der Waals surface area contributed by atoms with E-state index in [0.717, 1.165) is 40.3 Å². The summed E-state index contributed by atoms with van der Waals surface area (Å²) in [4.78, 5) is 23.7. The van der Waals surface area contributed by atoms with Crippen LogP contribution >= 0.6 is 23.2 Å². The monoisotopic (exact) mass is 502 g/mol. The lowest BCUT2D eigenvalue weighted by atomic mass is 10.1. The van der Waals surface area contributed by atoms with Crippen molar-refractivity contribution in [2.24, 2.45) is 0 Å². The van der Waals surface area contributed by atoms with Crippen LogP contribution in [0.2, 0.25) is 10.0 Å². The Balaban J connectivity index is 1.38. The normalized spacial score (nSPS) is 11.5. The molecule has 6 nitrogen and oxygen atoms in total. The summed E-state index contributed by atoms with van der Waals surface area (Å²) in [6.45, 7) is 2.83. The molecule has 0 aliphatic rings. The summed E-state index contributed by atoms with van der Waals surface area (Å²) < 4.78 is 2.06. The number of H-pyrrole nitrogens is 1. The van der Waals surface area contributed by atoms with Gasteiger partial charge in [0.05, 0.1) is 27.3 Å². The minimum Gasteiger partial charge on any atom is -0.478 e. The molecule has 0 saturated heterocycles. The van der Waals surface area contributed by atoms with Crippen LogP contribution < -0.4 is 0 Å². The average molecular weight is 503 g/mol. The van der Waals surface area contributed by atoms with Gasteiger partial charge in [-0.25, -0.2) is 14.8 Å². The maximum atomic E-state index is 11.2. The van der Waals surface area contributed by atoms with Crippen LogP contribution in [0.4, 0.5) is 0 Å². The Morgan fingerprint density at radius 3 is 2.54 bits per heavy atom. The van der Waals surface area contributed by atoms with Crippen molar-refractivity contribution in [1.29, 1.82) is 0 Å². The highest BCUT2D eigenvalue weighted by atomic mass is 35.5. The molecule has 0 fully saturated rings. The smallest absolute Gasteiger partial charge is 0.335 e. The number of carboxylic acids is 1. The zero-order chi connectivity index (χ0) is 24.5. The van der Waals surface area contributed by atoms with E-state index < -0.39 is 5.97 Å². The Hall–Kier alpha value is -3.87. The molecule has 2 N–H and O–H groups in total. The highest BCUT2D eigenvalue weighted by Crippen LogP contribution is 2.30. The Kier molecular flexibility index (Phi) is 6.16. The lowest BCUT2D eigenvalue weighted by molar-refractivity contribution is 0.0697. The number of aromatic amines is 1. The molecule has 0 radical (unpaired) electrons. The number of halogens is 2. The van der Waals surface area contributed by atoms with Gasteiger partial charge in [-0.05, 0) is 55.0 Å². The van der Waals surface area contributed by atoms with Crippen molar-refractivity contribution in [1.82, 2.24) is 19.5 Å². The first-order chi connectivity index (χ1) is 16.9. The second kappa shape index (κ2) is 9.41. The third kappa shape index (κ3) is 4.71. The number of hydrogen-bond donors (Lipinski definition) is 2. The highest BCUT2D eigenvalue weighted by molar-refractivity contribution is 6.36. The first-order valence-electron chi connectivity index (χ1n) is 11.0. The molecule has 35 heavy (non-hydrogen) atoms. The summed E-state index contributed by atoms with van der Waals surface area (Å²) in [7, 11) is 0. The highest BCUT2D eigenvalue weighted by Gasteiger charge is 2.11. The van der Waals surface area contributed by atoms with Crippen molar-refractivity contribution in [2.75, 3.05) is 0 Å². The van der Waals surface area contributed by atoms with E-state index in [1.165, 1.54) is 0 Å². The molecule has 0 aliphatic heterocycles. The lowest BCUT2D eigenvalue weighted by Crippen LogP contribution is -1.94. The van der Waals surface area contributed by atoms with Crippen molar-refractivity contribution >= 4 is 52.4 Å². The standard InChI is InChI=1S/C27H20Cl2N4O2/c1-2-33-15-24(20-10-9-19(28)14-21(20)29)30-25(33)12-5-16-3-6-17(7-4-16)26-31-22-11-8-18(27(34)35)13-23(22)32-26/h3-15H,2H2,1H3,(H,31,32)(H,34,35)/b12-5+. The van der Waals surface area contributed by atoms with Gasteiger partial charge in [-0.1, -0.05) is 53.5 Å². The molecule has 0 amide bonds. The molecule has 0 spiro atoms. The fourth-order valence-electron chi connectivity index (χ4n) is 3.85. The molecule has 8 heteroatoms. The van der Waals surface area contributed by atoms with Crippen molar-refractivity contribution < 1.29 is 9.90 Å². The minimum atomic E-state index is -0.966. The van der Waals surface area contributed by atoms with Gasteiger partial charge in [-0.2, -0.15) is 0 Å². The zero-order valence-corrected chi connectivity index (χ0v) is 20.2. The van der Waals surface area contributed by atoms with Gasteiger partial charge >= 0.3 is 5.97 Å². The van der Waals surface area contributed by atoms with Crippen molar-refractivity contribution in [3.63, 3.8) is 0 Å². The zero-order valence-electron chi connectivity index (χ0n) is 18.7. The van der Waals surface area contributed by atoms with Crippen LogP contribution in [-0.4, -0.2) is 30.6 Å². The van der Waals surface area contributed by atoms with Crippen LogP contribution in [-0.2, 0) is 6.54 Å². The van der Waals surface area contributed by atoms with Gasteiger partial charge in [0, 0.05) is 28.9 Å². The first kappa shape index (κ1) is 22.9. The summed E-state index contributed by atoms with van der Waals surface area (Å²) in [6, 6.07) is 18.2. The minimum absolute atomic E-state index is 0.222. The van der Waals surface area contributed by atoms with E-state index in [-0.39, 0.29) is 5.56 Å². The number of benzene rings is 3. The number of aryl methyl sites for hydroxylation is 1. The van der Waals surface area contributed by atoms with E-state index in [1.807, 2.05) is 48.7 Å². The number of aromatic carboxylic acids is 1. The second-order valence-corrected chi connectivity index (χ2v) is 8.82. The number of rotatable bonds is 6. The fraction of sp³-hybridized carbons (Fsp3) is 0.0741. The van der Waals surface area contributed by atoms with Crippen molar-refractivity contribution in [3.8, 4) is 22.6 Å². The molecule has 5 aromatic rings. The molecule has 2 aromatic heterocycles. The van der Waals surface area contributed by atoms with Crippen LogP contribution in [0.3, 0.4) is 0 Å². The summed E-state index contributed by atoms with van der Waals surface area (Å²) in [5, 5.41) is 10.3. The topological polar surface area (TPSA) is 83.8 Å². The number of nitrogens with zero attached hydrogens (tertiary/aromatic N) is 3. The molecule has 0 bridgehead atoms. The molecule has 5 rings (SSSR count). The predicted octanol–water partition coefficient (Wildman–Crippen LogP) is 7.29. The third-order valence-corrected chi connectivity index (χ3v) is 6.24. The van der Waals surface area contributed by atoms with Crippen LogP contribution in [0.25, 0.3) is 45.8 Å². The largest absolute Gasteiger partial charge is 0.478 e. The maximum absolute atomic E-state index is 11.2. The average Bonchev–Trinajstić information content (AvgIpc) is 3.46. The molecular formula is C27H20Cl2N4O2. The molecule has 2 heterocycles. The summed E-state index contributed by atoms with van der Waals surface area (Å²) in [6.07, 6.45) is 5.96. The fourth-order valence-corrected chi connectivity index (χ4v) is 4.35. The molecule has 0 aliphatic carbocycles. The van der Waals surface area contributed by atoms with E-state index in [0.29, 0.717) is 21.4 Å². The van der Waals surface area contributed by atoms with Crippen LogP contribution in [0, 0.1) is 0 Å². The molecule has 0 atom stereocenters. The van der Waals surface area contributed by atoms with Gasteiger partial charge in [-0.15, -0.1) is 0 Å². The first-order valence-corrected chi connectivity index (χ1v) is 11.7. The lowest BCUT2D eigenvalue weighted by Gasteiger charge is -2.00. The van der Waals surface area contributed by atoms with Crippen molar-refractivity contribution in [3.05, 3.63) is 93.9 Å². The number of imidazole rings is 2. The summed E-state index contributed by atoms with van der Waals surface area (Å²) >= 11 is 12.4. The number of carbonyl (C=O) groups is 1. The number of nitrogens with one attached hydrogen (secondary N) is 1. The molecule has 0 unspecified atom stereocenters. The Bertz CT molecular complexity index is 1580. The third-order valence-electron chi connectivity index (χ3n) is 5.69. The van der Waals surface area contributed by atoms with Gasteiger partial charge < -0.3 is 14.7 Å². The van der Waals surface area contributed by atoms with Gasteiger partial charge in [0.2, 0.25) is 0 Å². The second-order valence-electron chi connectivity index (χ2n) is 7.97. The van der Waals surface area contributed by atoms with Crippen LogP contribution in [0.15, 0.2) is 66.9 Å². The van der Waals surface area contributed by atoms with Gasteiger partial charge in [0.1, 0.15) is 11.6 Å². The maximum Gasteiger partial charge on any atom is 0.335 e. The molecule has 3 aromatic carbocycles. The SMILES string of the molecule is CCn1cc(-c2ccc(Cl)cc2Cl)nc1/C=C/c1ccc(-c2nc3ccc(C(=O)O)cc3[nH]2)cc1. The van der Waals surface area contributed by atoms with E-state index in [4.69, 9.17) is 28.2 Å². The molecular weight excluding hydrogens is 483 g/mol. The number of hydrogen-bond acceptors (Lipinski definition) is 3.